The van der Waals surface area contributed by atoms with Crippen LogP contribution in [0.1, 0.15) is 32.3 Å². The number of carbonyl (C=O) groups excluding carboxylic acids is 1. The van der Waals surface area contributed by atoms with Gasteiger partial charge in [-0.1, -0.05) is 25.1 Å². The summed E-state index contributed by atoms with van der Waals surface area (Å²) in [4.78, 5) is 17.0. The number of hydrogen-bond donors (Lipinski definition) is 2. The Hall–Kier alpha value is -1.81. The predicted octanol–water partition coefficient (Wildman–Crippen LogP) is 2.66. The van der Waals surface area contributed by atoms with Gasteiger partial charge in [-0.3, -0.25) is 4.79 Å². The number of likely N-dealkylation sites (tertiary alicyclic amines) is 1. The molecule has 4 heteroatoms. The first-order valence-electron chi connectivity index (χ1n) is 8.19. The maximum absolute atomic E-state index is 11.6. The lowest BCUT2D eigenvalue weighted by molar-refractivity contribution is -0.130. The number of likely N-dealkylation sites (N-methyl/N-ethyl adjacent to an activating group) is 1. The van der Waals surface area contributed by atoms with Gasteiger partial charge in [-0.25, -0.2) is 0 Å². The second-order valence-electron chi connectivity index (χ2n) is 6.31. The zero-order chi connectivity index (χ0) is 15.6. The Kier molecular flexibility index (Phi) is 4.21. The van der Waals surface area contributed by atoms with E-state index in [-0.39, 0.29) is 11.3 Å². The van der Waals surface area contributed by atoms with Crippen LogP contribution in [0, 0.1) is 0 Å². The number of nitrogens with zero attached hydrogens (tertiary/aromatic N) is 1. The standard InChI is InChI=1S/C18H25N3O/c1-3-19-13-18(8-10-21(11-9-18)14(2)22)16-12-20-17-7-5-4-6-15(16)17/h4-7,12,19-20H,3,8-11,13H2,1-2H3. The molecule has 0 radical (unpaired) electrons. The molecule has 1 fully saturated rings. The normalized spacial score (nSPS) is 17.8. The fourth-order valence-corrected chi connectivity index (χ4v) is 3.67. The second kappa shape index (κ2) is 6.13. The number of amides is 1. The number of carbonyl (C=O) groups is 1. The zero-order valence-electron chi connectivity index (χ0n) is 13.5. The molecule has 0 saturated carbocycles. The number of piperidine rings is 1. The van der Waals surface area contributed by atoms with E-state index in [1.54, 1.807) is 6.92 Å². The van der Waals surface area contributed by atoms with Crippen molar-refractivity contribution in [3.8, 4) is 0 Å². The van der Waals surface area contributed by atoms with E-state index in [2.05, 4.69) is 47.7 Å². The smallest absolute Gasteiger partial charge is 0.219 e. The van der Waals surface area contributed by atoms with Crippen molar-refractivity contribution >= 4 is 16.8 Å². The molecule has 4 nitrogen and oxygen atoms in total. The van der Waals surface area contributed by atoms with E-state index in [1.165, 1.54) is 16.5 Å². The van der Waals surface area contributed by atoms with Gasteiger partial charge in [0.25, 0.3) is 0 Å². The van der Waals surface area contributed by atoms with Gasteiger partial charge in [-0.15, -0.1) is 0 Å². The maximum Gasteiger partial charge on any atom is 0.219 e. The number of benzene rings is 1. The Labute approximate surface area is 131 Å². The quantitative estimate of drug-likeness (QED) is 0.912. The van der Waals surface area contributed by atoms with Crippen molar-refractivity contribution in [3.05, 3.63) is 36.0 Å². The monoisotopic (exact) mass is 299 g/mol. The highest BCUT2D eigenvalue weighted by molar-refractivity contribution is 5.84. The van der Waals surface area contributed by atoms with Gasteiger partial charge in [0.05, 0.1) is 0 Å². The van der Waals surface area contributed by atoms with Gasteiger partial charge in [-0.05, 0) is 31.0 Å². The summed E-state index contributed by atoms with van der Waals surface area (Å²) in [5.74, 6) is 0.191. The maximum atomic E-state index is 11.6. The summed E-state index contributed by atoms with van der Waals surface area (Å²) < 4.78 is 0. The van der Waals surface area contributed by atoms with Gasteiger partial charge < -0.3 is 15.2 Å². The summed E-state index contributed by atoms with van der Waals surface area (Å²) in [6, 6.07) is 8.50. The highest BCUT2D eigenvalue weighted by Crippen LogP contribution is 2.39. The van der Waals surface area contributed by atoms with Crippen LogP contribution in [-0.2, 0) is 10.2 Å². The molecule has 118 valence electrons. The van der Waals surface area contributed by atoms with E-state index < -0.39 is 0 Å². The molecule has 22 heavy (non-hydrogen) atoms. The molecule has 3 rings (SSSR count). The van der Waals surface area contributed by atoms with Crippen molar-refractivity contribution in [1.29, 1.82) is 0 Å². The van der Waals surface area contributed by atoms with Crippen molar-refractivity contribution in [2.45, 2.75) is 32.1 Å². The average molecular weight is 299 g/mol. The Morgan fingerprint density at radius 3 is 2.73 bits per heavy atom. The molecule has 0 aliphatic carbocycles. The number of para-hydroxylation sites is 1. The number of H-pyrrole nitrogens is 1. The van der Waals surface area contributed by atoms with Crippen LogP contribution in [0.5, 0.6) is 0 Å². The molecule has 1 saturated heterocycles. The first-order valence-corrected chi connectivity index (χ1v) is 8.19. The molecule has 0 bridgehead atoms. The fourth-order valence-electron chi connectivity index (χ4n) is 3.67. The van der Waals surface area contributed by atoms with Crippen molar-refractivity contribution in [1.82, 2.24) is 15.2 Å². The summed E-state index contributed by atoms with van der Waals surface area (Å²) in [5.41, 5.74) is 2.70. The van der Waals surface area contributed by atoms with Crippen LogP contribution in [0.15, 0.2) is 30.5 Å². The van der Waals surface area contributed by atoms with Gasteiger partial charge in [-0.2, -0.15) is 0 Å². The van der Waals surface area contributed by atoms with E-state index >= 15 is 0 Å². The Morgan fingerprint density at radius 2 is 2.05 bits per heavy atom. The number of hydrogen-bond acceptors (Lipinski definition) is 2. The van der Waals surface area contributed by atoms with Crippen molar-refractivity contribution in [2.75, 3.05) is 26.2 Å². The van der Waals surface area contributed by atoms with E-state index in [0.29, 0.717) is 0 Å². The summed E-state index contributed by atoms with van der Waals surface area (Å²) in [5, 5.41) is 4.85. The molecule has 0 unspecified atom stereocenters. The third kappa shape index (κ3) is 2.63. The molecular weight excluding hydrogens is 274 g/mol. The number of aromatic amines is 1. The topological polar surface area (TPSA) is 48.1 Å². The van der Waals surface area contributed by atoms with Crippen LogP contribution >= 0.6 is 0 Å². The Morgan fingerprint density at radius 1 is 1.32 bits per heavy atom. The largest absolute Gasteiger partial charge is 0.361 e. The van der Waals surface area contributed by atoms with E-state index in [0.717, 1.165) is 39.0 Å². The molecule has 1 aromatic heterocycles. The van der Waals surface area contributed by atoms with Gasteiger partial charge in [0.15, 0.2) is 0 Å². The van der Waals surface area contributed by atoms with Gasteiger partial charge in [0, 0.05) is 49.1 Å². The van der Waals surface area contributed by atoms with E-state index in [4.69, 9.17) is 0 Å². The predicted molar refractivity (Wildman–Crippen MR) is 90.0 cm³/mol. The minimum Gasteiger partial charge on any atom is -0.361 e. The highest BCUT2D eigenvalue weighted by Gasteiger charge is 2.38. The SMILES string of the molecule is CCNCC1(c2c[nH]c3ccccc23)CCN(C(C)=O)CC1. The molecule has 1 aliphatic heterocycles. The lowest BCUT2D eigenvalue weighted by atomic mass is 9.72. The first kappa shape index (κ1) is 15.1. The van der Waals surface area contributed by atoms with Crippen molar-refractivity contribution in [3.63, 3.8) is 0 Å². The van der Waals surface area contributed by atoms with E-state index in [1.807, 2.05) is 4.90 Å². The van der Waals surface area contributed by atoms with Crippen molar-refractivity contribution < 1.29 is 4.79 Å². The molecular formula is C18H25N3O. The lowest BCUT2D eigenvalue weighted by Crippen LogP contribution is -2.49. The lowest BCUT2D eigenvalue weighted by Gasteiger charge is -2.42. The molecule has 1 aromatic carbocycles. The average Bonchev–Trinajstić information content (AvgIpc) is 2.98. The third-order valence-electron chi connectivity index (χ3n) is 5.04. The zero-order valence-corrected chi connectivity index (χ0v) is 13.5. The van der Waals surface area contributed by atoms with Crippen LogP contribution in [-0.4, -0.2) is 42.0 Å². The molecule has 0 atom stereocenters. The third-order valence-corrected chi connectivity index (χ3v) is 5.04. The Balaban J connectivity index is 1.95. The Bertz CT molecular complexity index is 653. The second-order valence-corrected chi connectivity index (χ2v) is 6.31. The van der Waals surface area contributed by atoms with Gasteiger partial charge in [0.2, 0.25) is 5.91 Å². The van der Waals surface area contributed by atoms with Crippen LogP contribution < -0.4 is 5.32 Å². The summed E-state index contributed by atoms with van der Waals surface area (Å²) in [6.07, 6.45) is 4.20. The molecule has 0 spiro atoms. The molecule has 2 aromatic rings. The van der Waals surface area contributed by atoms with Crippen LogP contribution in [0.4, 0.5) is 0 Å². The number of aromatic nitrogens is 1. The van der Waals surface area contributed by atoms with E-state index in [9.17, 15) is 4.79 Å². The fraction of sp³-hybridized carbons (Fsp3) is 0.500. The van der Waals surface area contributed by atoms with Crippen LogP contribution in [0.25, 0.3) is 10.9 Å². The van der Waals surface area contributed by atoms with Crippen molar-refractivity contribution in [2.24, 2.45) is 0 Å². The molecule has 1 aliphatic rings. The minimum atomic E-state index is 0.113. The number of rotatable bonds is 4. The summed E-state index contributed by atoms with van der Waals surface area (Å²) >= 11 is 0. The number of fused-ring (bicyclic) bond motifs is 1. The summed E-state index contributed by atoms with van der Waals surface area (Å²) in [6.45, 7) is 7.45. The molecule has 2 heterocycles. The molecule has 1 amide bonds. The summed E-state index contributed by atoms with van der Waals surface area (Å²) in [7, 11) is 0. The minimum absolute atomic E-state index is 0.113. The highest BCUT2D eigenvalue weighted by atomic mass is 16.2. The van der Waals surface area contributed by atoms with Crippen LogP contribution in [0.2, 0.25) is 0 Å². The first-order chi connectivity index (χ1) is 10.7. The van der Waals surface area contributed by atoms with Crippen LogP contribution in [0.3, 0.4) is 0 Å². The molecule has 2 N–H and O–H groups in total. The van der Waals surface area contributed by atoms with Gasteiger partial charge in [0.1, 0.15) is 0 Å². The van der Waals surface area contributed by atoms with Gasteiger partial charge >= 0.3 is 0 Å². The number of nitrogens with one attached hydrogen (secondary N) is 2.